The maximum Gasteiger partial charge on any atom is 0.126 e. The Labute approximate surface area is 386 Å². The number of fused-ring (bicyclic) bond motifs is 12. The van der Waals surface area contributed by atoms with Gasteiger partial charge in [-0.25, -0.2) is 0 Å². The Bertz CT molecular complexity index is 1930. The fourth-order valence-electron chi connectivity index (χ4n) is 8.73. The fourth-order valence-corrected chi connectivity index (χ4v) is 8.73. The number of benzene rings is 6. The molecule has 0 spiro atoms. The average Bonchev–Trinajstić information content (AvgIpc) is 3.32. The van der Waals surface area contributed by atoms with Crippen LogP contribution in [-0.2, 0) is 38.5 Å². The molecule has 0 heterocycles. The quantitative estimate of drug-likeness (QED) is 0.0615. The van der Waals surface area contributed by atoms with Crippen molar-refractivity contribution in [2.24, 2.45) is 0 Å². The molecule has 12 bridgehead atoms. The zero-order valence-electron chi connectivity index (χ0n) is 37.3. The largest absolute Gasteiger partial charge is 0.491 e. The molecule has 66 heavy (non-hydrogen) atoms. The van der Waals surface area contributed by atoms with Gasteiger partial charge in [-0.05, 0) is 66.8 Å². The van der Waals surface area contributed by atoms with Gasteiger partial charge in [0, 0.05) is 38.5 Å². The summed E-state index contributed by atoms with van der Waals surface area (Å²) in [6, 6.07) is 35.9. The lowest BCUT2D eigenvalue weighted by Crippen LogP contribution is -2.12. The smallest absolute Gasteiger partial charge is 0.126 e. The third-order valence-electron chi connectivity index (χ3n) is 11.4. The summed E-state index contributed by atoms with van der Waals surface area (Å²) in [6.07, 6.45) is 2.45. The maximum atomic E-state index is 9.98. The zero-order chi connectivity index (χ0) is 46.1. The van der Waals surface area contributed by atoms with Crippen LogP contribution in [-0.4, -0.2) is 110 Å². The van der Waals surface area contributed by atoms with Crippen molar-refractivity contribution in [2.45, 2.75) is 38.5 Å². The molecule has 1 aliphatic carbocycles. The van der Waals surface area contributed by atoms with Crippen molar-refractivity contribution in [3.8, 4) is 34.5 Å². The van der Waals surface area contributed by atoms with Gasteiger partial charge in [-0.2, -0.15) is 0 Å². The first-order valence-electron chi connectivity index (χ1n) is 22.6. The van der Waals surface area contributed by atoms with Crippen molar-refractivity contribution < 1.29 is 59.1 Å². The van der Waals surface area contributed by atoms with Crippen molar-refractivity contribution >= 4 is 0 Å². The molecular weight excluding hydrogens is 841 g/mol. The van der Waals surface area contributed by atoms with E-state index in [1.807, 2.05) is 109 Å². The topological polar surface area (TPSA) is 177 Å². The first-order chi connectivity index (χ1) is 32.5. The van der Waals surface area contributed by atoms with E-state index in [1.54, 1.807) is 0 Å². The monoisotopic (exact) mass is 900 g/mol. The van der Waals surface area contributed by atoms with Gasteiger partial charge in [-0.15, -0.1) is 0 Å². The Morgan fingerprint density at radius 1 is 0.227 bits per heavy atom. The van der Waals surface area contributed by atoms with Crippen molar-refractivity contribution in [3.05, 3.63) is 176 Å². The molecule has 0 saturated carbocycles. The van der Waals surface area contributed by atoms with E-state index in [2.05, 4.69) is 0 Å². The molecule has 6 aromatic rings. The van der Waals surface area contributed by atoms with Crippen LogP contribution in [0.2, 0.25) is 0 Å². The van der Waals surface area contributed by atoms with Crippen LogP contribution in [0.3, 0.4) is 0 Å². The number of ether oxygens (including phenoxy) is 6. The molecule has 12 heteroatoms. The Kier molecular flexibility index (Phi) is 17.7. The summed E-state index contributed by atoms with van der Waals surface area (Å²) in [5.41, 5.74) is 10.4. The fraction of sp³-hybridized carbons (Fsp3) is 0.333. The minimum atomic E-state index is -0.185. The van der Waals surface area contributed by atoms with Gasteiger partial charge in [0.1, 0.15) is 74.1 Å². The molecule has 0 unspecified atom stereocenters. The lowest BCUT2D eigenvalue weighted by molar-refractivity contribution is 0.197. The second-order valence-corrected chi connectivity index (χ2v) is 15.9. The molecule has 0 fully saturated rings. The minimum Gasteiger partial charge on any atom is -0.491 e. The highest BCUT2D eigenvalue weighted by Gasteiger charge is 2.23. The molecule has 0 atom stereocenters. The summed E-state index contributed by atoms with van der Waals surface area (Å²) >= 11 is 0. The van der Waals surface area contributed by atoms with E-state index in [4.69, 9.17) is 28.4 Å². The predicted octanol–water partition coefficient (Wildman–Crippen LogP) is 5.77. The Hall–Kier alpha value is -6.12. The molecule has 0 amide bonds. The van der Waals surface area contributed by atoms with Crippen LogP contribution in [0, 0.1) is 0 Å². The van der Waals surface area contributed by atoms with E-state index in [0.29, 0.717) is 73.0 Å². The summed E-state index contributed by atoms with van der Waals surface area (Å²) in [5, 5.41) is 59.9. The van der Waals surface area contributed by atoms with Crippen LogP contribution in [0.15, 0.2) is 109 Å². The first-order valence-corrected chi connectivity index (χ1v) is 22.6. The molecule has 12 nitrogen and oxygen atoms in total. The van der Waals surface area contributed by atoms with E-state index < -0.39 is 0 Å². The standard InChI is InChI=1S/C54H60O12/c55-19-25-61-49-37-7-1-8-38(49)32-40-10-3-12-42(51(40)63-27-21-57)34-44-14-5-16-46(53(44)65-29-23-59)36-48-18-6-17-47(54(48)66-30-24-60)35-45-15-4-13-43(52(45)64-28-22-58)33-41-11-2-9-39(31-37)50(41)62-26-20-56/h1-18,55-60H,19-36H2. The van der Waals surface area contributed by atoms with Gasteiger partial charge in [-0.3, -0.25) is 0 Å². The van der Waals surface area contributed by atoms with Gasteiger partial charge in [-0.1, -0.05) is 109 Å². The van der Waals surface area contributed by atoms with Crippen LogP contribution < -0.4 is 28.4 Å². The molecule has 0 radical (unpaired) electrons. The zero-order valence-corrected chi connectivity index (χ0v) is 37.3. The molecule has 6 N–H and O–H groups in total. The molecule has 1 aliphatic rings. The highest BCUT2D eigenvalue weighted by Crippen LogP contribution is 2.40. The molecule has 348 valence electrons. The van der Waals surface area contributed by atoms with Crippen LogP contribution in [0.25, 0.3) is 0 Å². The maximum absolute atomic E-state index is 9.98. The normalized spacial score (nSPS) is 12.5. The van der Waals surface area contributed by atoms with Crippen molar-refractivity contribution in [1.29, 1.82) is 0 Å². The molecule has 6 aromatic carbocycles. The summed E-state index contributed by atoms with van der Waals surface area (Å²) in [7, 11) is 0. The van der Waals surface area contributed by atoms with Gasteiger partial charge in [0.15, 0.2) is 0 Å². The minimum absolute atomic E-state index is 0.0738. The highest BCUT2D eigenvalue weighted by atomic mass is 16.5. The first kappa shape index (κ1) is 47.8. The molecular formula is C54H60O12. The summed E-state index contributed by atoms with van der Waals surface area (Å²) in [4.78, 5) is 0. The number of aliphatic hydroxyl groups is 6. The molecule has 7 rings (SSSR count). The number of para-hydroxylation sites is 6. The summed E-state index contributed by atoms with van der Waals surface area (Å²) in [5.74, 6) is 3.77. The van der Waals surface area contributed by atoms with E-state index in [1.165, 1.54) is 0 Å². The van der Waals surface area contributed by atoms with E-state index in [9.17, 15) is 30.6 Å². The van der Waals surface area contributed by atoms with E-state index >= 15 is 0 Å². The number of rotatable bonds is 18. The summed E-state index contributed by atoms with van der Waals surface area (Å²) in [6.45, 7) is -0.665. The van der Waals surface area contributed by atoms with E-state index in [-0.39, 0.29) is 79.3 Å². The number of hydrogen-bond acceptors (Lipinski definition) is 12. The van der Waals surface area contributed by atoms with Gasteiger partial charge in [0.05, 0.1) is 39.6 Å². The lowest BCUT2D eigenvalue weighted by Gasteiger charge is -2.22. The van der Waals surface area contributed by atoms with Crippen molar-refractivity contribution in [2.75, 3.05) is 79.3 Å². The Balaban J connectivity index is 1.46. The van der Waals surface area contributed by atoms with Crippen LogP contribution in [0.4, 0.5) is 0 Å². The van der Waals surface area contributed by atoms with Crippen LogP contribution in [0.5, 0.6) is 34.5 Å². The molecule has 0 aliphatic heterocycles. The van der Waals surface area contributed by atoms with Gasteiger partial charge >= 0.3 is 0 Å². The van der Waals surface area contributed by atoms with Gasteiger partial charge in [0.2, 0.25) is 0 Å². The van der Waals surface area contributed by atoms with Gasteiger partial charge in [0.25, 0.3) is 0 Å². The van der Waals surface area contributed by atoms with Crippen molar-refractivity contribution in [3.63, 3.8) is 0 Å². The lowest BCUT2D eigenvalue weighted by atomic mass is 9.91. The van der Waals surface area contributed by atoms with Crippen molar-refractivity contribution in [1.82, 2.24) is 0 Å². The molecule has 0 aromatic heterocycles. The number of aliphatic hydroxyl groups excluding tert-OH is 6. The second-order valence-electron chi connectivity index (χ2n) is 15.9. The second kappa shape index (κ2) is 24.4. The van der Waals surface area contributed by atoms with Crippen LogP contribution >= 0.6 is 0 Å². The Morgan fingerprint density at radius 3 is 0.455 bits per heavy atom. The highest BCUT2D eigenvalue weighted by molar-refractivity contribution is 5.57. The Morgan fingerprint density at radius 2 is 0.348 bits per heavy atom. The third kappa shape index (κ3) is 11.8. The van der Waals surface area contributed by atoms with E-state index in [0.717, 1.165) is 66.8 Å². The summed E-state index contributed by atoms with van der Waals surface area (Å²) < 4.78 is 38.2. The van der Waals surface area contributed by atoms with Gasteiger partial charge < -0.3 is 59.1 Å². The molecule has 0 saturated heterocycles. The SMILES string of the molecule is OCCOc1c2cccc1Cc1cccc(c1OCCO)Cc1cccc(c1OCCO)Cc1cccc(c1OCCO)Cc1cccc(c1OCCO)Cc1cccc(c1OCCO)C2. The number of hydrogen-bond donors (Lipinski definition) is 6. The predicted molar refractivity (Wildman–Crippen MR) is 251 cm³/mol. The van der Waals surface area contributed by atoms with Crippen LogP contribution in [0.1, 0.15) is 66.8 Å². The average molecular weight is 901 g/mol. The third-order valence-corrected chi connectivity index (χ3v) is 11.4.